The summed E-state index contributed by atoms with van der Waals surface area (Å²) in [5.41, 5.74) is 2.42. The van der Waals surface area contributed by atoms with Crippen molar-refractivity contribution in [1.29, 1.82) is 0 Å². The average molecular weight is 390 g/mol. The fraction of sp³-hybridized carbons (Fsp3) is 0.261. The molecular formula is C23H26N4O2. The summed E-state index contributed by atoms with van der Waals surface area (Å²) in [7, 11) is 0. The van der Waals surface area contributed by atoms with E-state index in [0.29, 0.717) is 25.3 Å². The number of hydrogen-bond donors (Lipinski definition) is 2. The Morgan fingerprint density at radius 1 is 0.862 bits per heavy atom. The third kappa shape index (κ3) is 5.54. The first-order valence-electron chi connectivity index (χ1n) is 9.88. The van der Waals surface area contributed by atoms with Crippen LogP contribution in [0.15, 0.2) is 66.9 Å². The van der Waals surface area contributed by atoms with Gasteiger partial charge in [0.2, 0.25) is 0 Å². The molecule has 3 rings (SSSR count). The van der Waals surface area contributed by atoms with Crippen LogP contribution in [0.25, 0.3) is 0 Å². The number of aromatic nitrogens is 2. The molecule has 0 unspecified atom stereocenters. The number of imidazole rings is 1. The quantitative estimate of drug-likeness (QED) is 0.587. The molecular weight excluding hydrogens is 364 g/mol. The molecule has 6 heteroatoms. The van der Waals surface area contributed by atoms with Crippen LogP contribution in [0.1, 0.15) is 52.0 Å². The van der Waals surface area contributed by atoms with Gasteiger partial charge in [-0.2, -0.15) is 0 Å². The predicted octanol–water partition coefficient (Wildman–Crippen LogP) is 3.54. The van der Waals surface area contributed by atoms with E-state index in [-0.39, 0.29) is 17.6 Å². The number of amides is 2. The lowest BCUT2D eigenvalue weighted by Crippen LogP contribution is -2.29. The summed E-state index contributed by atoms with van der Waals surface area (Å²) in [5.74, 6) is -0.258. The molecule has 0 aliphatic carbocycles. The first-order valence-corrected chi connectivity index (χ1v) is 9.88. The molecule has 150 valence electrons. The molecule has 3 aromatic rings. The van der Waals surface area contributed by atoms with E-state index in [4.69, 9.17) is 0 Å². The monoisotopic (exact) mass is 390 g/mol. The van der Waals surface area contributed by atoms with Gasteiger partial charge < -0.3 is 15.2 Å². The van der Waals surface area contributed by atoms with Crippen molar-refractivity contribution in [2.75, 3.05) is 0 Å². The van der Waals surface area contributed by atoms with Crippen LogP contribution in [0.3, 0.4) is 0 Å². The largest absolute Gasteiger partial charge is 0.347 e. The topological polar surface area (TPSA) is 76.0 Å². The minimum absolute atomic E-state index is 0.237. The maximum absolute atomic E-state index is 12.7. The lowest BCUT2D eigenvalue weighted by Gasteiger charge is -2.12. The zero-order valence-corrected chi connectivity index (χ0v) is 16.6. The molecule has 2 aromatic carbocycles. The summed E-state index contributed by atoms with van der Waals surface area (Å²) in [6.07, 6.45) is 3.29. The Bertz CT molecular complexity index is 863. The predicted molar refractivity (Wildman–Crippen MR) is 112 cm³/mol. The van der Waals surface area contributed by atoms with Crippen LogP contribution >= 0.6 is 0 Å². The Morgan fingerprint density at radius 2 is 1.41 bits per heavy atom. The van der Waals surface area contributed by atoms with Gasteiger partial charge in [0, 0.05) is 19.6 Å². The van der Waals surface area contributed by atoms with Crippen molar-refractivity contribution in [3.05, 3.63) is 89.5 Å². The van der Waals surface area contributed by atoms with E-state index in [9.17, 15) is 9.59 Å². The summed E-state index contributed by atoms with van der Waals surface area (Å²) < 4.78 is 1.71. The number of rotatable bonds is 9. The van der Waals surface area contributed by atoms with Gasteiger partial charge in [-0.1, -0.05) is 74.0 Å². The van der Waals surface area contributed by atoms with Gasteiger partial charge in [0.1, 0.15) is 5.69 Å². The summed E-state index contributed by atoms with van der Waals surface area (Å²) >= 11 is 0. The van der Waals surface area contributed by atoms with Gasteiger partial charge in [-0.05, 0) is 17.5 Å². The van der Waals surface area contributed by atoms with Crippen molar-refractivity contribution >= 4 is 11.8 Å². The molecule has 0 aliphatic heterocycles. The molecule has 0 saturated heterocycles. The highest BCUT2D eigenvalue weighted by Crippen LogP contribution is 2.10. The Balaban J connectivity index is 1.71. The Labute approximate surface area is 171 Å². The van der Waals surface area contributed by atoms with Crippen LogP contribution < -0.4 is 10.6 Å². The Hall–Kier alpha value is -3.41. The van der Waals surface area contributed by atoms with Gasteiger partial charge in [-0.25, -0.2) is 4.98 Å². The van der Waals surface area contributed by atoms with Crippen LogP contribution in [-0.4, -0.2) is 21.4 Å². The maximum atomic E-state index is 12.7. The van der Waals surface area contributed by atoms with Crippen molar-refractivity contribution < 1.29 is 9.59 Å². The second kappa shape index (κ2) is 10.2. The van der Waals surface area contributed by atoms with E-state index in [1.807, 2.05) is 60.7 Å². The summed E-state index contributed by atoms with van der Waals surface area (Å²) in [4.78, 5) is 29.7. The molecule has 6 nitrogen and oxygen atoms in total. The number of benzene rings is 2. The molecule has 0 aliphatic rings. The number of carbonyl (C=O) groups excluding carboxylic acids is 2. The third-order valence-corrected chi connectivity index (χ3v) is 4.62. The van der Waals surface area contributed by atoms with E-state index >= 15 is 0 Å². The standard InChI is InChI=1S/C23H26N4O2/c1-2-3-14-27-20(22(28)25-15-18-10-6-4-7-11-18)17-24-21(27)23(29)26-16-19-12-8-5-9-13-19/h4-13,17H,2-3,14-16H2,1H3,(H,25,28)(H,26,29). The van der Waals surface area contributed by atoms with Crippen molar-refractivity contribution in [3.63, 3.8) is 0 Å². The van der Waals surface area contributed by atoms with Gasteiger partial charge in [-0.3, -0.25) is 9.59 Å². The van der Waals surface area contributed by atoms with E-state index in [1.54, 1.807) is 4.57 Å². The van der Waals surface area contributed by atoms with Crippen molar-refractivity contribution in [2.24, 2.45) is 0 Å². The second-order valence-electron chi connectivity index (χ2n) is 6.81. The van der Waals surface area contributed by atoms with Gasteiger partial charge in [0.25, 0.3) is 11.8 Å². The zero-order valence-electron chi connectivity index (χ0n) is 16.6. The molecule has 0 bridgehead atoms. The molecule has 2 N–H and O–H groups in total. The van der Waals surface area contributed by atoms with Crippen LogP contribution in [-0.2, 0) is 19.6 Å². The number of nitrogens with one attached hydrogen (secondary N) is 2. The molecule has 1 aromatic heterocycles. The number of hydrogen-bond acceptors (Lipinski definition) is 3. The summed E-state index contributed by atoms with van der Waals surface area (Å²) in [6.45, 7) is 3.48. The molecule has 0 radical (unpaired) electrons. The normalized spacial score (nSPS) is 10.5. The minimum Gasteiger partial charge on any atom is -0.347 e. The van der Waals surface area contributed by atoms with E-state index < -0.39 is 0 Å². The molecule has 0 atom stereocenters. The van der Waals surface area contributed by atoms with E-state index in [2.05, 4.69) is 22.5 Å². The van der Waals surface area contributed by atoms with E-state index in [0.717, 1.165) is 24.0 Å². The van der Waals surface area contributed by atoms with Crippen LogP contribution in [0.2, 0.25) is 0 Å². The van der Waals surface area contributed by atoms with Crippen molar-refractivity contribution in [2.45, 2.75) is 39.4 Å². The van der Waals surface area contributed by atoms with Crippen molar-refractivity contribution in [3.8, 4) is 0 Å². The van der Waals surface area contributed by atoms with Crippen LogP contribution in [0.4, 0.5) is 0 Å². The highest BCUT2D eigenvalue weighted by Gasteiger charge is 2.20. The first kappa shape index (κ1) is 20.3. The minimum atomic E-state index is -0.285. The van der Waals surface area contributed by atoms with E-state index in [1.165, 1.54) is 6.20 Å². The molecule has 1 heterocycles. The summed E-state index contributed by atoms with van der Waals surface area (Å²) in [6, 6.07) is 19.4. The number of nitrogens with zero attached hydrogens (tertiary/aromatic N) is 2. The fourth-order valence-electron chi connectivity index (χ4n) is 3.01. The SMILES string of the molecule is CCCCn1c(C(=O)NCc2ccccc2)cnc1C(=O)NCc1ccccc1. The number of carbonyl (C=O) groups is 2. The molecule has 29 heavy (non-hydrogen) atoms. The highest BCUT2D eigenvalue weighted by atomic mass is 16.2. The zero-order chi connectivity index (χ0) is 20.5. The highest BCUT2D eigenvalue weighted by molar-refractivity contribution is 5.96. The molecule has 0 fully saturated rings. The second-order valence-corrected chi connectivity index (χ2v) is 6.81. The van der Waals surface area contributed by atoms with Crippen LogP contribution in [0, 0.1) is 0 Å². The van der Waals surface area contributed by atoms with Crippen LogP contribution in [0.5, 0.6) is 0 Å². The average Bonchev–Trinajstić information content (AvgIpc) is 3.20. The Morgan fingerprint density at radius 3 is 1.97 bits per heavy atom. The third-order valence-electron chi connectivity index (χ3n) is 4.62. The maximum Gasteiger partial charge on any atom is 0.287 e. The molecule has 0 spiro atoms. The van der Waals surface area contributed by atoms with Gasteiger partial charge in [0.15, 0.2) is 5.82 Å². The number of unbranched alkanes of at least 4 members (excludes halogenated alkanes) is 1. The molecule has 2 amide bonds. The summed E-state index contributed by atoms with van der Waals surface area (Å²) in [5, 5.41) is 5.80. The van der Waals surface area contributed by atoms with Gasteiger partial charge in [0.05, 0.1) is 6.20 Å². The fourth-order valence-corrected chi connectivity index (χ4v) is 3.01. The lowest BCUT2D eigenvalue weighted by molar-refractivity contribution is 0.0931. The Kier molecular flexibility index (Phi) is 7.16. The molecule has 0 saturated carbocycles. The lowest BCUT2D eigenvalue weighted by atomic mass is 10.2. The van der Waals surface area contributed by atoms with Gasteiger partial charge in [-0.15, -0.1) is 0 Å². The smallest absolute Gasteiger partial charge is 0.287 e. The van der Waals surface area contributed by atoms with Crippen molar-refractivity contribution in [1.82, 2.24) is 20.2 Å². The van der Waals surface area contributed by atoms with Gasteiger partial charge >= 0.3 is 0 Å². The first-order chi connectivity index (χ1) is 14.2.